The molecule has 2 aliphatic rings. The van der Waals surface area contributed by atoms with Crippen molar-refractivity contribution < 1.29 is 28.0 Å². The van der Waals surface area contributed by atoms with E-state index in [4.69, 9.17) is 14.7 Å². The first-order valence-electron chi connectivity index (χ1n) is 14.4. The lowest BCUT2D eigenvalue weighted by Gasteiger charge is -2.33. The third-order valence-electron chi connectivity index (χ3n) is 8.07. The first kappa shape index (κ1) is 31.5. The first-order chi connectivity index (χ1) is 20.3. The number of hydrogen-bond acceptors (Lipinski definition) is 7. The van der Waals surface area contributed by atoms with Crippen molar-refractivity contribution in [2.45, 2.75) is 63.1 Å². The molecular weight excluding hydrogens is 558 g/mol. The van der Waals surface area contributed by atoms with E-state index in [1.54, 1.807) is 31.4 Å². The fourth-order valence-electron chi connectivity index (χ4n) is 5.85. The van der Waals surface area contributed by atoms with Gasteiger partial charge in [0.2, 0.25) is 22.3 Å². The van der Waals surface area contributed by atoms with Gasteiger partial charge in [-0.2, -0.15) is 4.31 Å². The van der Waals surface area contributed by atoms with Crippen molar-refractivity contribution in [2.24, 2.45) is 0 Å². The number of methoxy groups -OCH3 is 1. The largest absolute Gasteiger partial charge is 0.497 e. The lowest BCUT2D eigenvalue weighted by atomic mass is 10.0. The molecule has 42 heavy (non-hydrogen) atoms. The van der Waals surface area contributed by atoms with Crippen molar-refractivity contribution in [3.63, 3.8) is 0 Å². The zero-order chi connectivity index (χ0) is 30.1. The number of carbonyl (C=O) groups is 2. The molecule has 0 saturated carbocycles. The fraction of sp³-hybridized carbons (Fsp3) is 0.467. The second kappa shape index (κ2) is 14.6. The Bertz CT molecular complexity index is 1460. The van der Waals surface area contributed by atoms with E-state index in [2.05, 4.69) is 23.2 Å². The maximum absolute atomic E-state index is 13.5. The van der Waals surface area contributed by atoms with Crippen LogP contribution in [0.25, 0.3) is 10.9 Å². The van der Waals surface area contributed by atoms with Gasteiger partial charge >= 0.3 is 0 Å². The van der Waals surface area contributed by atoms with Gasteiger partial charge in [-0.25, -0.2) is 13.9 Å². The minimum atomic E-state index is -3.69. The number of nitrogens with zero attached hydrogens (tertiary/aromatic N) is 3. The molecule has 11 nitrogen and oxygen atoms in total. The summed E-state index contributed by atoms with van der Waals surface area (Å²) < 4.78 is 35.6. The number of aromatic nitrogens is 1. The Morgan fingerprint density at radius 3 is 2.55 bits per heavy atom. The second-order valence-corrected chi connectivity index (χ2v) is 12.6. The summed E-state index contributed by atoms with van der Waals surface area (Å²) in [5.41, 5.74) is 4.25. The Balaban J connectivity index is 0.000000952. The standard InChI is InChI=1S/C29H38N4O4S.CH3NO2/c1-22-8-5-6-17-31(22)18-7-16-30-29(34)21-33-27-10-4-3-9-25(27)26-15-19-32(20-28(26)33)38(35,36)24-13-11-23(37-2)12-14-24;3-1-2-4/h3-4,9-14,22H,5-8,15-21H2,1-2H3,(H,30,34);1,4H,(H,2,3). The number of ether oxygens (including phenoxy) is 1. The van der Waals surface area contributed by atoms with Gasteiger partial charge in [-0.15, -0.1) is 0 Å². The van der Waals surface area contributed by atoms with Crippen molar-refractivity contribution >= 4 is 33.2 Å². The molecule has 3 aromatic rings. The van der Waals surface area contributed by atoms with E-state index in [-0.39, 0.29) is 30.3 Å². The van der Waals surface area contributed by atoms with Crippen LogP contribution in [0.2, 0.25) is 0 Å². The van der Waals surface area contributed by atoms with Crippen molar-refractivity contribution in [1.82, 2.24) is 24.6 Å². The Hall–Kier alpha value is -3.45. The first-order valence-corrected chi connectivity index (χ1v) is 15.8. The molecule has 2 aliphatic heterocycles. The second-order valence-electron chi connectivity index (χ2n) is 10.6. The molecule has 1 unspecified atom stereocenters. The molecule has 12 heteroatoms. The average Bonchev–Trinajstić information content (AvgIpc) is 3.33. The number of hydroxylamine groups is 1. The molecule has 2 amide bonds. The van der Waals surface area contributed by atoms with Crippen molar-refractivity contribution in [3.8, 4) is 5.75 Å². The van der Waals surface area contributed by atoms with Gasteiger partial charge < -0.3 is 19.5 Å². The van der Waals surface area contributed by atoms with Crippen LogP contribution in [-0.4, -0.2) is 79.0 Å². The zero-order valence-electron chi connectivity index (χ0n) is 24.3. The third-order valence-corrected chi connectivity index (χ3v) is 9.93. The summed E-state index contributed by atoms with van der Waals surface area (Å²) in [4.78, 5) is 24.6. The topological polar surface area (TPSA) is 133 Å². The van der Waals surface area contributed by atoms with E-state index >= 15 is 0 Å². The smallest absolute Gasteiger partial charge is 0.243 e. The number of nitrogens with one attached hydrogen (secondary N) is 2. The maximum Gasteiger partial charge on any atom is 0.243 e. The van der Waals surface area contributed by atoms with Gasteiger partial charge in [0.05, 0.1) is 18.6 Å². The van der Waals surface area contributed by atoms with E-state index in [0.717, 1.165) is 41.7 Å². The van der Waals surface area contributed by atoms with Crippen LogP contribution in [0, 0.1) is 0 Å². The monoisotopic (exact) mass is 599 g/mol. The van der Waals surface area contributed by atoms with E-state index in [1.165, 1.54) is 29.0 Å². The van der Waals surface area contributed by atoms with Crippen LogP contribution in [0.5, 0.6) is 5.75 Å². The molecule has 228 valence electrons. The van der Waals surface area contributed by atoms with Gasteiger partial charge in [0.15, 0.2) is 0 Å². The van der Waals surface area contributed by atoms with Gasteiger partial charge in [-0.3, -0.25) is 14.8 Å². The fourth-order valence-corrected chi connectivity index (χ4v) is 7.25. The summed E-state index contributed by atoms with van der Waals surface area (Å²) in [6.07, 6.45) is 5.53. The van der Waals surface area contributed by atoms with E-state index in [9.17, 15) is 13.2 Å². The number of benzene rings is 2. The summed E-state index contributed by atoms with van der Waals surface area (Å²) in [5.74, 6) is 0.567. The Kier molecular flexibility index (Phi) is 11.0. The van der Waals surface area contributed by atoms with Crippen LogP contribution in [0.3, 0.4) is 0 Å². The highest BCUT2D eigenvalue weighted by Crippen LogP contribution is 2.33. The van der Waals surface area contributed by atoms with Crippen molar-refractivity contribution in [1.29, 1.82) is 0 Å². The number of rotatable bonds is 10. The molecule has 0 bridgehead atoms. The number of sulfonamides is 1. The summed E-state index contributed by atoms with van der Waals surface area (Å²) in [7, 11) is -2.13. The third kappa shape index (κ3) is 7.30. The van der Waals surface area contributed by atoms with Gasteiger partial charge in [0.25, 0.3) is 0 Å². The molecule has 0 spiro atoms. The van der Waals surface area contributed by atoms with E-state index in [1.807, 2.05) is 22.8 Å². The summed E-state index contributed by atoms with van der Waals surface area (Å²) in [6, 6.07) is 15.1. The maximum atomic E-state index is 13.5. The van der Waals surface area contributed by atoms with Crippen molar-refractivity contribution in [3.05, 3.63) is 59.8 Å². The minimum Gasteiger partial charge on any atom is -0.497 e. The number of carbonyl (C=O) groups excluding carboxylic acids is 2. The van der Waals surface area contributed by atoms with Crippen LogP contribution >= 0.6 is 0 Å². The molecule has 3 N–H and O–H groups in total. The highest BCUT2D eigenvalue weighted by Gasteiger charge is 2.32. The molecule has 1 fully saturated rings. The number of fused-ring (bicyclic) bond motifs is 3. The predicted molar refractivity (Wildman–Crippen MR) is 160 cm³/mol. The molecular formula is C30H41N5O6S. The summed E-state index contributed by atoms with van der Waals surface area (Å²) in [5, 5.41) is 11.4. The Labute approximate surface area is 247 Å². The van der Waals surface area contributed by atoms with Crippen LogP contribution < -0.4 is 15.5 Å². The molecule has 0 aliphatic carbocycles. The van der Waals surface area contributed by atoms with Gasteiger partial charge in [0.1, 0.15) is 12.3 Å². The molecule has 5 rings (SSSR count). The highest BCUT2D eigenvalue weighted by atomic mass is 32.2. The van der Waals surface area contributed by atoms with Crippen LogP contribution in [0.1, 0.15) is 43.9 Å². The van der Waals surface area contributed by atoms with Crippen molar-refractivity contribution in [2.75, 3.05) is 33.3 Å². The quantitative estimate of drug-likeness (QED) is 0.141. The normalized spacial score (nSPS) is 17.5. The lowest BCUT2D eigenvalue weighted by molar-refractivity contribution is -0.121. The average molecular weight is 600 g/mol. The minimum absolute atomic E-state index is 0.0459. The summed E-state index contributed by atoms with van der Waals surface area (Å²) in [6.45, 7) is 5.88. The molecule has 1 atom stereocenters. The van der Waals surface area contributed by atoms with Crippen LogP contribution in [-0.2, 0) is 39.1 Å². The molecule has 3 heterocycles. The Morgan fingerprint density at radius 2 is 1.86 bits per heavy atom. The van der Waals surface area contributed by atoms with Gasteiger partial charge in [-0.1, -0.05) is 24.6 Å². The van der Waals surface area contributed by atoms with Crippen LogP contribution in [0.4, 0.5) is 0 Å². The molecule has 1 saturated heterocycles. The van der Waals surface area contributed by atoms with E-state index in [0.29, 0.717) is 31.3 Å². The van der Waals surface area contributed by atoms with E-state index < -0.39 is 10.0 Å². The lowest BCUT2D eigenvalue weighted by Crippen LogP contribution is -2.39. The Morgan fingerprint density at radius 1 is 1.12 bits per heavy atom. The number of para-hydroxylation sites is 1. The SMILES string of the molecule is COc1ccc(S(=O)(=O)N2CCc3c(n(CC(=O)NCCCN4CCCCC4C)c4ccccc34)C2)cc1.O=CNO. The highest BCUT2D eigenvalue weighted by molar-refractivity contribution is 7.89. The van der Waals surface area contributed by atoms with Crippen LogP contribution in [0.15, 0.2) is 53.4 Å². The number of hydrogen-bond donors (Lipinski definition) is 3. The molecule has 2 aromatic carbocycles. The molecule has 1 aromatic heterocycles. The molecule has 0 radical (unpaired) electrons. The number of piperidine rings is 1. The van der Waals surface area contributed by atoms with Gasteiger partial charge in [0, 0.05) is 42.3 Å². The number of likely N-dealkylation sites (tertiary alicyclic amines) is 1. The summed E-state index contributed by atoms with van der Waals surface area (Å²) >= 11 is 0. The zero-order valence-corrected chi connectivity index (χ0v) is 25.1. The predicted octanol–water partition coefficient (Wildman–Crippen LogP) is 2.90. The number of amides is 2. The van der Waals surface area contributed by atoms with Gasteiger partial charge in [-0.05, 0) is 75.0 Å².